The van der Waals surface area contributed by atoms with Crippen LogP contribution in [0.4, 0.5) is 32.1 Å². The van der Waals surface area contributed by atoms with Gasteiger partial charge in [0.25, 0.3) is 0 Å². The number of esters is 1. The smallest absolute Gasteiger partial charge is 0.346 e. The Hall–Kier alpha value is -8.18. The molecule has 2 aromatic carbocycles. The number of hydrogen-bond acceptors (Lipinski definition) is 15. The zero-order valence-corrected chi connectivity index (χ0v) is 33.6. The van der Waals surface area contributed by atoms with Crippen LogP contribution in [0.2, 0.25) is 0 Å². The van der Waals surface area contributed by atoms with Gasteiger partial charge in [-0.3, -0.25) is 28.3 Å². The van der Waals surface area contributed by atoms with Gasteiger partial charge in [0.2, 0.25) is 41.0 Å². The van der Waals surface area contributed by atoms with Crippen molar-refractivity contribution in [2.45, 2.75) is 52.1 Å². The topological polar surface area (TPSA) is 311 Å². The van der Waals surface area contributed by atoms with E-state index < -0.39 is 57.5 Å². The summed E-state index contributed by atoms with van der Waals surface area (Å²) in [6, 6.07) is 12.1. The summed E-state index contributed by atoms with van der Waals surface area (Å²) in [4.78, 5) is 91.2. The van der Waals surface area contributed by atoms with Gasteiger partial charge in [-0.05, 0) is 32.9 Å². The van der Waals surface area contributed by atoms with E-state index in [2.05, 4.69) is 40.8 Å². The Labute approximate surface area is 355 Å². The van der Waals surface area contributed by atoms with Crippen molar-refractivity contribution >= 4 is 47.0 Å². The summed E-state index contributed by atoms with van der Waals surface area (Å²) in [5, 5.41) is 13.4. The van der Waals surface area contributed by atoms with Crippen molar-refractivity contribution in [3.63, 3.8) is 0 Å². The van der Waals surface area contributed by atoms with Crippen molar-refractivity contribution in [3.8, 4) is 23.3 Å². The Morgan fingerprint density at radius 2 is 1.10 bits per heavy atom. The fraction of sp³-hybridized carbons (Fsp3) is 0.282. The third-order valence-corrected chi connectivity index (χ3v) is 10.5. The van der Waals surface area contributed by atoms with E-state index in [9.17, 15) is 37.5 Å². The van der Waals surface area contributed by atoms with Crippen LogP contribution in [-0.2, 0) is 61.9 Å². The van der Waals surface area contributed by atoms with Gasteiger partial charge in [0.05, 0.1) is 30.8 Å². The zero-order valence-electron chi connectivity index (χ0n) is 33.6. The third-order valence-electron chi connectivity index (χ3n) is 10.5. The highest BCUT2D eigenvalue weighted by Crippen LogP contribution is 2.42. The molecule has 4 aromatic heterocycles. The van der Waals surface area contributed by atoms with Crippen molar-refractivity contribution < 1.29 is 32.7 Å². The summed E-state index contributed by atoms with van der Waals surface area (Å²) in [7, 11) is 2.90. The minimum atomic E-state index is -1.71. The minimum Gasteiger partial charge on any atom is -0.465 e. The Bertz CT molecular complexity index is 3000. The number of ether oxygens (including phenoxy) is 1. The van der Waals surface area contributed by atoms with Crippen LogP contribution < -0.4 is 39.2 Å². The molecule has 0 spiro atoms. The number of hydrogen-bond donors (Lipinski definition) is 5. The maximum absolute atomic E-state index is 14.0. The highest BCUT2D eigenvalue weighted by atomic mass is 19.1. The van der Waals surface area contributed by atoms with E-state index >= 15 is 0 Å². The molecule has 63 heavy (non-hydrogen) atoms. The number of halogens is 2. The lowest BCUT2D eigenvalue weighted by molar-refractivity contribution is -0.152. The highest BCUT2D eigenvalue weighted by molar-refractivity contribution is 6.21. The number of nitrogens with zero attached hydrogens (tertiary/aromatic N) is 10. The van der Waals surface area contributed by atoms with Crippen LogP contribution in [0, 0.1) is 11.6 Å². The summed E-state index contributed by atoms with van der Waals surface area (Å²) in [6.45, 7) is 4.21. The molecule has 2 atom stereocenters. The van der Waals surface area contributed by atoms with Gasteiger partial charge >= 0.3 is 17.3 Å². The number of benzene rings is 2. The van der Waals surface area contributed by atoms with Crippen LogP contribution in [0.3, 0.4) is 0 Å². The first-order valence-electron chi connectivity index (χ1n) is 18.5. The van der Waals surface area contributed by atoms with Crippen molar-refractivity contribution in [2.75, 3.05) is 28.7 Å². The number of amides is 3. The minimum absolute atomic E-state index is 0. The predicted molar refractivity (Wildman–Crippen MR) is 221 cm³/mol. The maximum Gasteiger partial charge on any atom is 0.346 e. The van der Waals surface area contributed by atoms with Gasteiger partial charge < -0.3 is 32.6 Å². The Balaban J connectivity index is 0.000000207. The van der Waals surface area contributed by atoms with Crippen molar-refractivity contribution in [1.82, 2.24) is 48.6 Å². The second kappa shape index (κ2) is 16.4. The monoisotopic (exact) mass is 869 g/mol. The van der Waals surface area contributed by atoms with Crippen LogP contribution in [0.1, 0.15) is 50.5 Å². The van der Waals surface area contributed by atoms with E-state index in [4.69, 9.17) is 21.9 Å². The van der Waals surface area contributed by atoms with E-state index in [1.165, 1.54) is 49.2 Å². The zero-order chi connectivity index (χ0) is 45.0. The predicted octanol–water partition coefficient (Wildman–Crippen LogP) is 0.721. The summed E-state index contributed by atoms with van der Waals surface area (Å²) >= 11 is 0. The second-order valence-corrected chi connectivity index (χ2v) is 14.4. The summed E-state index contributed by atoms with van der Waals surface area (Å²) in [5.74, 6) is -4.16. The van der Waals surface area contributed by atoms with Crippen molar-refractivity contribution in [3.05, 3.63) is 103 Å². The number of aromatic nitrogens is 10. The molecule has 8 N–H and O–H groups in total. The number of fused-ring (bicyclic) bond motifs is 2. The van der Waals surface area contributed by atoms with Crippen molar-refractivity contribution in [2.24, 2.45) is 19.8 Å². The van der Waals surface area contributed by atoms with Gasteiger partial charge in [0.1, 0.15) is 34.9 Å². The third kappa shape index (κ3) is 7.29. The number of nitrogens with one attached hydrogen (secondary N) is 2. The van der Waals surface area contributed by atoms with Gasteiger partial charge in [-0.15, -0.1) is 10.2 Å². The fourth-order valence-electron chi connectivity index (χ4n) is 6.87. The Morgan fingerprint density at radius 1 is 0.698 bits per heavy atom. The van der Waals surface area contributed by atoms with E-state index in [0.29, 0.717) is 0 Å². The Morgan fingerprint density at radius 3 is 1.49 bits per heavy atom. The van der Waals surface area contributed by atoms with E-state index in [1.807, 2.05) is 0 Å². The molecule has 0 fully saturated rings. The normalized spacial score (nSPS) is 17.1. The fourth-order valence-corrected chi connectivity index (χ4v) is 6.87. The van der Waals surface area contributed by atoms with Crippen LogP contribution in [0.25, 0.3) is 23.3 Å². The molecule has 0 radical (unpaired) electrons. The standard InChI is InChI=1S/C20H20FN7O4.C18H17FN8O3.CH4/c1-4-32-18(30)20(2)12-13(22)23-15(24-14(12)25-17(20)29)16-26-28(19(31)27(16)3)9-10-7-5-6-8-11(10)21;1-18(15(21)28)10-11(20)22-13(23-12(10)24-16(18)29)14-25-27(17(30)26(14)2)7-8-5-3-4-6-9(8)19;/h5-8H,4,9H2,1-3H3,(H3,22,23,24,25,29);3-6H,7H2,1-2H3,(H2,21,28)(H3,20,22,23,24,29);1H4. The molecule has 0 saturated carbocycles. The number of primary amides is 1. The highest BCUT2D eigenvalue weighted by Gasteiger charge is 2.54. The van der Waals surface area contributed by atoms with E-state index in [-0.39, 0.29) is 95.9 Å². The number of nitrogen functional groups attached to an aromatic ring is 2. The lowest BCUT2D eigenvalue weighted by atomic mass is 9.84. The summed E-state index contributed by atoms with van der Waals surface area (Å²) in [6.07, 6.45) is 0. The lowest BCUT2D eigenvalue weighted by Crippen LogP contribution is -2.44. The van der Waals surface area contributed by atoms with Crippen LogP contribution in [0.15, 0.2) is 58.1 Å². The SMILES string of the molecule is C.CCOC(=O)C1(C)C(=O)Nc2nc(-c3nn(Cc4ccccc4F)c(=O)n3C)nc(N)c21.Cn1c(-c2nc(N)c3c(n2)NC(=O)C3(C)C(N)=O)nn(Cc2ccccc2F)c1=O. The van der Waals surface area contributed by atoms with E-state index in [1.54, 1.807) is 43.3 Å². The molecule has 22 nitrogen and oxygen atoms in total. The second-order valence-electron chi connectivity index (χ2n) is 14.4. The van der Waals surface area contributed by atoms with Crippen LogP contribution in [-0.4, -0.2) is 78.9 Å². The molecule has 8 rings (SSSR count). The van der Waals surface area contributed by atoms with Gasteiger partial charge in [-0.1, -0.05) is 43.8 Å². The average molecular weight is 870 g/mol. The molecule has 24 heteroatoms. The molecular weight excluding hydrogens is 829 g/mol. The molecule has 6 heterocycles. The molecule has 0 saturated heterocycles. The quantitative estimate of drug-likeness (QED) is 0.0988. The van der Waals surface area contributed by atoms with Gasteiger partial charge in [0, 0.05) is 25.2 Å². The number of carbonyl (C=O) groups excluding carboxylic acids is 4. The first-order valence-corrected chi connectivity index (χ1v) is 18.5. The number of carbonyl (C=O) groups is 4. The molecule has 6 aromatic rings. The van der Waals surface area contributed by atoms with Gasteiger partial charge in [-0.25, -0.2) is 47.7 Å². The molecule has 0 aliphatic carbocycles. The number of rotatable bonds is 9. The summed E-state index contributed by atoms with van der Waals surface area (Å²) < 4.78 is 37.5. The summed E-state index contributed by atoms with van der Waals surface area (Å²) in [5.41, 5.74) is 13.7. The van der Waals surface area contributed by atoms with Gasteiger partial charge in [-0.2, -0.15) is 0 Å². The molecule has 2 unspecified atom stereocenters. The van der Waals surface area contributed by atoms with Gasteiger partial charge in [0.15, 0.2) is 10.8 Å². The maximum atomic E-state index is 14.0. The lowest BCUT2D eigenvalue weighted by Gasteiger charge is -2.20. The Kier molecular flexibility index (Phi) is 11.5. The molecule has 2 aliphatic rings. The molecule has 3 amide bonds. The van der Waals surface area contributed by atoms with E-state index in [0.717, 1.165) is 9.36 Å². The first kappa shape index (κ1) is 44.4. The van der Waals surface area contributed by atoms with Crippen LogP contribution in [0.5, 0.6) is 0 Å². The average Bonchev–Trinajstić information content (AvgIpc) is 3.87. The number of anilines is 4. The molecule has 2 aliphatic heterocycles. The van der Waals surface area contributed by atoms with Crippen molar-refractivity contribution in [1.29, 1.82) is 0 Å². The molecule has 328 valence electrons. The number of nitrogens with two attached hydrogens (primary N) is 3. The van der Waals surface area contributed by atoms with Crippen LogP contribution >= 0.6 is 0 Å². The molecular formula is C39H41F2N15O7. The largest absolute Gasteiger partial charge is 0.465 e. The first-order chi connectivity index (χ1) is 29.3. The molecule has 0 bridgehead atoms.